The number of esters is 1. The molecule has 6 heteroatoms. The first-order valence-electron chi connectivity index (χ1n) is 16.7. The molecule has 0 aromatic carbocycles. The van der Waals surface area contributed by atoms with Crippen molar-refractivity contribution in [1.29, 1.82) is 0 Å². The van der Waals surface area contributed by atoms with Crippen molar-refractivity contribution in [2.75, 3.05) is 0 Å². The molecule has 0 bridgehead atoms. The third kappa shape index (κ3) is 3.98. The molecule has 5 saturated carbocycles. The molecule has 5 aliphatic carbocycles. The first kappa shape index (κ1) is 29.9. The van der Waals surface area contributed by atoms with Gasteiger partial charge < -0.3 is 9.84 Å². The second kappa shape index (κ2) is 9.69. The van der Waals surface area contributed by atoms with Crippen molar-refractivity contribution in [2.45, 2.75) is 125 Å². The Balaban J connectivity index is 1.36. The molecular formula is C36H54N2O4. The Hall–Kier alpha value is -2.11. The van der Waals surface area contributed by atoms with Crippen molar-refractivity contribution in [1.82, 2.24) is 9.55 Å². The molecule has 6 rings (SSSR count). The van der Waals surface area contributed by atoms with Crippen molar-refractivity contribution in [3.8, 4) is 0 Å². The van der Waals surface area contributed by atoms with Crippen LogP contribution in [0.2, 0.25) is 0 Å². The maximum Gasteiger partial charge on any atom is 0.416 e. The smallest absolute Gasteiger partial charge is 0.416 e. The summed E-state index contributed by atoms with van der Waals surface area (Å²) in [6.07, 6.45) is 14.8. The van der Waals surface area contributed by atoms with Crippen molar-refractivity contribution in [2.24, 2.45) is 56.7 Å². The largest absolute Gasteiger partial charge is 0.464 e. The zero-order valence-corrected chi connectivity index (χ0v) is 27.2. The van der Waals surface area contributed by atoms with E-state index in [0.29, 0.717) is 35.4 Å². The molecule has 1 N–H and O–H groups in total. The van der Waals surface area contributed by atoms with Crippen LogP contribution in [-0.2, 0) is 16.0 Å². The highest BCUT2D eigenvalue weighted by atomic mass is 16.5. The average Bonchev–Trinajstić information content (AvgIpc) is 3.51. The lowest BCUT2D eigenvalue weighted by atomic mass is 9.32. The molecule has 1 aromatic rings. The molecule has 232 valence electrons. The third-order valence-corrected chi connectivity index (χ3v) is 14.9. The van der Waals surface area contributed by atoms with Crippen molar-refractivity contribution in [3.05, 3.63) is 30.4 Å². The fourth-order valence-corrected chi connectivity index (χ4v) is 12.9. The molecule has 0 aliphatic heterocycles. The number of carbonyl (C=O) groups is 2. The lowest BCUT2D eigenvalue weighted by Crippen LogP contribution is -2.67. The molecule has 1 unspecified atom stereocenters. The number of ether oxygens (including phenoxy) is 1. The fourth-order valence-electron chi connectivity index (χ4n) is 12.9. The summed E-state index contributed by atoms with van der Waals surface area (Å²) in [5.41, 5.74) is 2.09. The Morgan fingerprint density at radius 1 is 0.952 bits per heavy atom. The van der Waals surface area contributed by atoms with E-state index < -0.39 is 6.09 Å². The second-order valence-corrected chi connectivity index (χ2v) is 16.7. The highest BCUT2D eigenvalue weighted by Crippen LogP contribution is 2.77. The van der Waals surface area contributed by atoms with Gasteiger partial charge in [-0.2, -0.15) is 0 Å². The number of rotatable bonds is 4. The van der Waals surface area contributed by atoms with Crippen molar-refractivity contribution in [3.63, 3.8) is 0 Å². The van der Waals surface area contributed by atoms with Crippen LogP contribution in [0, 0.1) is 56.7 Å². The number of imidazole rings is 1. The SMILES string of the molecule is C=C(C)[C@@H]1CC[C@]2(Cc3nccn3C(=O)O)CC[C@]3(C)[C@H](CCC4[C@@]5(C)CC[C@H](OC(C)=O)C(C)(C)[C@@H]5CC[C@]43C)[C@@H]12. The van der Waals surface area contributed by atoms with Gasteiger partial charge in [-0.05, 0) is 122 Å². The van der Waals surface area contributed by atoms with Crippen LogP contribution in [0.5, 0.6) is 0 Å². The number of hydrogen-bond acceptors (Lipinski definition) is 4. The second-order valence-electron chi connectivity index (χ2n) is 16.7. The van der Waals surface area contributed by atoms with Crippen LogP contribution >= 0.6 is 0 Å². The van der Waals surface area contributed by atoms with E-state index in [-0.39, 0.29) is 39.1 Å². The monoisotopic (exact) mass is 578 g/mol. The fraction of sp³-hybridized carbons (Fsp3) is 0.806. The molecule has 5 fully saturated rings. The maximum absolute atomic E-state index is 12.0. The summed E-state index contributed by atoms with van der Waals surface area (Å²) >= 11 is 0. The van der Waals surface area contributed by atoms with E-state index in [2.05, 4.69) is 53.1 Å². The third-order valence-electron chi connectivity index (χ3n) is 14.9. The minimum Gasteiger partial charge on any atom is -0.464 e. The van der Waals surface area contributed by atoms with Gasteiger partial charge in [0.1, 0.15) is 11.9 Å². The van der Waals surface area contributed by atoms with Gasteiger partial charge in [0.05, 0.1) is 0 Å². The van der Waals surface area contributed by atoms with Gasteiger partial charge in [-0.15, -0.1) is 0 Å². The molecule has 42 heavy (non-hydrogen) atoms. The summed E-state index contributed by atoms with van der Waals surface area (Å²) in [5.74, 6) is 3.39. The summed E-state index contributed by atoms with van der Waals surface area (Å²) in [6.45, 7) is 20.9. The number of aromatic nitrogens is 2. The van der Waals surface area contributed by atoms with Crippen molar-refractivity contribution >= 4 is 12.1 Å². The lowest BCUT2D eigenvalue weighted by Gasteiger charge is -2.73. The van der Waals surface area contributed by atoms with Gasteiger partial charge in [0, 0.05) is 31.2 Å². The number of nitrogens with zero attached hydrogens (tertiary/aromatic N) is 2. The summed E-state index contributed by atoms with van der Waals surface area (Å²) in [4.78, 5) is 28.6. The minimum atomic E-state index is -0.935. The highest BCUT2D eigenvalue weighted by Gasteiger charge is 2.71. The van der Waals surface area contributed by atoms with E-state index in [1.54, 1.807) is 19.3 Å². The van der Waals surface area contributed by atoms with Gasteiger partial charge in [-0.25, -0.2) is 14.3 Å². The zero-order chi connectivity index (χ0) is 30.5. The summed E-state index contributed by atoms with van der Waals surface area (Å²) in [6, 6.07) is 0. The standard InChI is InChI=1S/C36H54N2O4/c1-22(2)24-11-16-36(21-29-37-19-20-38(29)31(40)41)18-17-34(7)25(30(24)36)9-10-27-33(6)14-13-28(42-23(3)39)32(4,5)26(33)12-15-35(27,34)8/h19-20,24-28,30H,1,9-18,21H2,2-8H3,(H,40,41)/t24-,25+,26-,27?,28-,30+,33-,34+,35+,36+/m0/s1. The molecule has 0 amide bonds. The quantitative estimate of drug-likeness (QED) is 0.286. The number of fused-ring (bicyclic) bond motifs is 7. The van der Waals surface area contributed by atoms with E-state index in [4.69, 9.17) is 4.74 Å². The number of hydrogen-bond donors (Lipinski definition) is 1. The van der Waals surface area contributed by atoms with Gasteiger partial charge in [0.15, 0.2) is 0 Å². The Labute approximate surface area is 253 Å². The van der Waals surface area contributed by atoms with Crippen molar-refractivity contribution < 1.29 is 19.4 Å². The van der Waals surface area contributed by atoms with E-state index in [0.717, 1.165) is 38.5 Å². The Morgan fingerprint density at radius 2 is 1.69 bits per heavy atom. The molecule has 10 atom stereocenters. The van der Waals surface area contributed by atoms with Gasteiger partial charge in [-0.3, -0.25) is 4.79 Å². The van der Waals surface area contributed by atoms with Gasteiger partial charge in [0.25, 0.3) is 0 Å². The number of allylic oxidation sites excluding steroid dienone is 1. The van der Waals surface area contributed by atoms with E-state index >= 15 is 0 Å². The molecular weight excluding hydrogens is 524 g/mol. The zero-order valence-electron chi connectivity index (χ0n) is 27.2. The van der Waals surface area contributed by atoms with Crippen LogP contribution in [0.25, 0.3) is 0 Å². The van der Waals surface area contributed by atoms with E-state index in [1.807, 2.05) is 0 Å². The Kier molecular flexibility index (Phi) is 6.91. The molecule has 5 aliphatic rings. The molecule has 6 nitrogen and oxygen atoms in total. The molecule has 1 aromatic heterocycles. The van der Waals surface area contributed by atoms with Crippen LogP contribution in [0.15, 0.2) is 24.5 Å². The van der Waals surface area contributed by atoms with Crippen LogP contribution in [0.3, 0.4) is 0 Å². The Bertz CT molecular complexity index is 1280. The van der Waals surface area contributed by atoms with Crippen LogP contribution < -0.4 is 0 Å². The van der Waals surface area contributed by atoms with Crippen LogP contribution in [-0.4, -0.2) is 32.8 Å². The predicted octanol–water partition coefficient (Wildman–Crippen LogP) is 8.54. The molecule has 0 spiro atoms. The van der Waals surface area contributed by atoms with Crippen LogP contribution in [0.1, 0.15) is 118 Å². The van der Waals surface area contributed by atoms with Crippen LogP contribution in [0.4, 0.5) is 4.79 Å². The first-order valence-corrected chi connectivity index (χ1v) is 16.7. The van der Waals surface area contributed by atoms with Gasteiger partial charge >= 0.3 is 12.1 Å². The van der Waals surface area contributed by atoms with E-state index in [9.17, 15) is 14.7 Å². The molecule has 1 heterocycles. The molecule has 0 saturated heterocycles. The average molecular weight is 579 g/mol. The maximum atomic E-state index is 12.0. The minimum absolute atomic E-state index is 0.00725. The number of carboxylic acid groups (broad SMARTS) is 1. The normalized spacial score (nSPS) is 45.6. The van der Waals surface area contributed by atoms with Gasteiger partial charge in [-0.1, -0.05) is 46.8 Å². The Morgan fingerprint density at radius 3 is 2.36 bits per heavy atom. The first-order chi connectivity index (χ1) is 19.6. The molecule has 0 radical (unpaired) electrons. The lowest BCUT2D eigenvalue weighted by molar-refractivity contribution is -0.249. The summed E-state index contributed by atoms with van der Waals surface area (Å²) in [5, 5.41) is 9.85. The predicted molar refractivity (Wildman–Crippen MR) is 164 cm³/mol. The van der Waals surface area contributed by atoms with Gasteiger partial charge in [0.2, 0.25) is 0 Å². The highest BCUT2D eigenvalue weighted by molar-refractivity contribution is 5.68. The number of carbonyl (C=O) groups excluding carboxylic acids is 1. The summed E-state index contributed by atoms with van der Waals surface area (Å²) < 4.78 is 7.28. The summed E-state index contributed by atoms with van der Waals surface area (Å²) in [7, 11) is 0. The topological polar surface area (TPSA) is 81.4 Å². The van der Waals surface area contributed by atoms with E-state index in [1.165, 1.54) is 42.2 Å².